The molecule has 1 aliphatic carbocycles. The van der Waals surface area contributed by atoms with Crippen molar-refractivity contribution in [1.82, 2.24) is 0 Å². The minimum Gasteiger partial charge on any atom is -0.676 e. The van der Waals surface area contributed by atoms with Gasteiger partial charge in [-0.05, 0) is 18.2 Å². The van der Waals surface area contributed by atoms with Gasteiger partial charge in [0, 0.05) is 21.1 Å². The van der Waals surface area contributed by atoms with E-state index in [0.29, 0.717) is 0 Å². The summed E-state index contributed by atoms with van der Waals surface area (Å²) >= 11 is 0. The first-order chi connectivity index (χ1) is 10.7. The summed E-state index contributed by atoms with van der Waals surface area (Å²) in [6.45, 7) is 0. The molecule has 1 aromatic rings. The zero-order valence-corrected chi connectivity index (χ0v) is 14.9. The Morgan fingerprint density at radius 3 is 1.62 bits per heavy atom. The van der Waals surface area contributed by atoms with Crippen molar-refractivity contribution in [3.05, 3.63) is 46.4 Å². The fourth-order valence-electron chi connectivity index (χ4n) is 2.17. The first-order valence-corrected chi connectivity index (χ1v) is 7.00. The van der Waals surface area contributed by atoms with E-state index in [0.717, 1.165) is 31.0 Å². The van der Waals surface area contributed by atoms with Crippen LogP contribution in [0.1, 0.15) is 56.8 Å². The summed E-state index contributed by atoms with van der Waals surface area (Å²) in [5.41, 5.74) is 13.3. The fourth-order valence-corrected chi connectivity index (χ4v) is 2.17. The number of benzene rings is 1. The topological polar surface area (TPSA) is 160 Å². The molecule has 0 aromatic heterocycles. The Morgan fingerprint density at radius 2 is 1.29 bits per heavy atom. The van der Waals surface area contributed by atoms with Crippen LogP contribution in [0.2, 0.25) is 0 Å². The predicted molar refractivity (Wildman–Crippen MR) is 82.0 cm³/mol. The van der Waals surface area contributed by atoms with Gasteiger partial charge >= 0.3 is 17.9 Å². The van der Waals surface area contributed by atoms with E-state index in [9.17, 15) is 14.4 Å². The summed E-state index contributed by atoms with van der Waals surface area (Å²) in [6, 6.07) is 2.65. The van der Waals surface area contributed by atoms with Crippen molar-refractivity contribution < 1.29 is 50.8 Å². The van der Waals surface area contributed by atoms with Crippen molar-refractivity contribution in [2.24, 2.45) is 0 Å². The van der Waals surface area contributed by atoms with E-state index in [-0.39, 0.29) is 38.7 Å². The molecule has 24 heavy (non-hydrogen) atoms. The van der Waals surface area contributed by atoms with E-state index in [2.05, 4.69) is 0 Å². The molecule has 0 bridgehead atoms. The number of aromatic carboxylic acids is 3. The van der Waals surface area contributed by atoms with Crippen molar-refractivity contribution in [1.29, 1.82) is 0 Å². The van der Waals surface area contributed by atoms with Gasteiger partial charge in [0.2, 0.25) is 0 Å². The molecule has 2 atom stereocenters. The van der Waals surface area contributed by atoms with Gasteiger partial charge in [0.05, 0.1) is 16.7 Å². The fraction of sp³-hybridized carbons (Fsp3) is 0.400. The van der Waals surface area contributed by atoms with Gasteiger partial charge in [-0.1, -0.05) is 25.7 Å². The maximum absolute atomic E-state index is 10.6. The molecule has 1 aliphatic rings. The Kier molecular flexibility index (Phi) is 9.43. The summed E-state index contributed by atoms with van der Waals surface area (Å²) in [4.78, 5) is 31.8. The summed E-state index contributed by atoms with van der Waals surface area (Å²) in [5.74, 6) is -4.20. The largest absolute Gasteiger partial charge is 0.676 e. The van der Waals surface area contributed by atoms with Crippen LogP contribution in [0, 0.1) is 0 Å². The van der Waals surface area contributed by atoms with Crippen LogP contribution in [-0.4, -0.2) is 45.3 Å². The maximum Gasteiger partial charge on any atom is 0.336 e. The van der Waals surface area contributed by atoms with Gasteiger partial charge in [0.15, 0.2) is 0 Å². The van der Waals surface area contributed by atoms with Crippen LogP contribution in [0.4, 0.5) is 0 Å². The van der Waals surface area contributed by atoms with Crippen molar-refractivity contribution in [3.8, 4) is 0 Å². The zero-order chi connectivity index (χ0) is 17.6. The van der Waals surface area contributed by atoms with E-state index in [1.54, 1.807) is 0 Å². The Hall–Kier alpha value is -1.76. The van der Waals surface area contributed by atoms with Crippen LogP contribution in [-0.2, 0) is 21.1 Å². The van der Waals surface area contributed by atoms with E-state index >= 15 is 0 Å². The standard InChI is InChI=1S/C9H6O6.C6H12N2.Pt/c10-7(11)4-1-2-5(8(12)13)6(3-4)9(14)15;7-5-3-1-2-4-6(5)8;/h1-3H,(H,10,11)(H,12,13)(H,14,15);5-8H,1-4H2;/q;-2;/t;5-,6+;. The molecule has 0 aliphatic heterocycles. The third kappa shape index (κ3) is 6.39. The molecule has 0 heterocycles. The second-order valence-corrected chi connectivity index (χ2v) is 5.17. The van der Waals surface area contributed by atoms with Crippen LogP contribution in [0.5, 0.6) is 0 Å². The SMILES string of the molecule is O=C(O)c1ccc(C(=O)O)c(C(=O)O)c1.[NH-][C@@H]1CCCC[C@@H]1[NH-].[Pt]. The minimum absolute atomic E-state index is 0. The van der Waals surface area contributed by atoms with Gasteiger partial charge in [-0.3, -0.25) is 0 Å². The second kappa shape index (κ2) is 10.2. The molecule has 2 rings (SSSR count). The number of carboxylic acid groups (broad SMARTS) is 3. The monoisotopic (exact) mass is 517 g/mol. The molecule has 136 valence electrons. The molecule has 8 nitrogen and oxygen atoms in total. The van der Waals surface area contributed by atoms with Crippen molar-refractivity contribution >= 4 is 17.9 Å². The smallest absolute Gasteiger partial charge is 0.336 e. The van der Waals surface area contributed by atoms with Crippen LogP contribution in [0.3, 0.4) is 0 Å². The first kappa shape index (κ1) is 22.2. The molecule has 0 amide bonds. The Morgan fingerprint density at radius 1 is 0.833 bits per heavy atom. The van der Waals surface area contributed by atoms with Crippen LogP contribution >= 0.6 is 0 Å². The van der Waals surface area contributed by atoms with Gasteiger partial charge in [-0.25, -0.2) is 14.4 Å². The van der Waals surface area contributed by atoms with Gasteiger partial charge < -0.3 is 26.8 Å². The van der Waals surface area contributed by atoms with Crippen molar-refractivity contribution in [2.75, 3.05) is 0 Å². The second-order valence-electron chi connectivity index (χ2n) is 5.17. The number of carbonyl (C=O) groups is 3. The molecule has 0 radical (unpaired) electrons. The molecule has 9 heteroatoms. The van der Waals surface area contributed by atoms with Gasteiger partial charge in [0.25, 0.3) is 0 Å². The van der Waals surface area contributed by atoms with Crippen molar-refractivity contribution in [2.45, 2.75) is 37.8 Å². The Labute approximate surface area is 153 Å². The third-order valence-electron chi connectivity index (χ3n) is 3.49. The van der Waals surface area contributed by atoms with Gasteiger partial charge in [-0.2, -0.15) is 12.1 Å². The maximum atomic E-state index is 10.6. The minimum atomic E-state index is -1.48. The van der Waals surface area contributed by atoms with Crippen LogP contribution < -0.4 is 0 Å². The molecule has 0 unspecified atom stereocenters. The summed E-state index contributed by atoms with van der Waals surface area (Å²) in [5, 5.41) is 25.9. The van der Waals surface area contributed by atoms with E-state index in [1.165, 1.54) is 12.8 Å². The normalized spacial score (nSPS) is 19.2. The molecule has 1 fully saturated rings. The van der Waals surface area contributed by atoms with E-state index in [4.69, 9.17) is 26.8 Å². The summed E-state index contributed by atoms with van der Waals surface area (Å²) in [6.07, 6.45) is 4.25. The van der Waals surface area contributed by atoms with Crippen LogP contribution in [0.25, 0.3) is 11.5 Å². The zero-order valence-electron chi connectivity index (χ0n) is 12.6. The number of hydrogen-bond acceptors (Lipinski definition) is 3. The Balaban J connectivity index is 0.000000498. The average Bonchev–Trinajstić information content (AvgIpc) is 2.50. The summed E-state index contributed by atoms with van der Waals surface area (Å²) in [7, 11) is 0. The van der Waals surface area contributed by atoms with Crippen LogP contribution in [0.15, 0.2) is 18.2 Å². The Bertz CT molecular complexity index is 598. The molecule has 0 saturated heterocycles. The number of carboxylic acids is 3. The number of rotatable bonds is 3. The third-order valence-corrected chi connectivity index (χ3v) is 3.49. The van der Waals surface area contributed by atoms with Crippen molar-refractivity contribution in [3.63, 3.8) is 0 Å². The van der Waals surface area contributed by atoms with E-state index < -0.39 is 29.0 Å². The average molecular weight is 517 g/mol. The number of hydrogen-bond donors (Lipinski definition) is 3. The molecular formula is C15H18N2O6Pt-2. The predicted octanol–water partition coefficient (Wildman–Crippen LogP) is 3.18. The molecular weight excluding hydrogens is 499 g/mol. The molecule has 0 spiro atoms. The molecule has 5 N–H and O–H groups in total. The van der Waals surface area contributed by atoms with E-state index in [1.807, 2.05) is 0 Å². The quantitative estimate of drug-likeness (QED) is 0.558. The van der Waals surface area contributed by atoms with Gasteiger partial charge in [0.1, 0.15) is 0 Å². The first-order valence-electron chi connectivity index (χ1n) is 7.00. The molecule has 1 saturated carbocycles. The number of nitrogens with one attached hydrogen (secondary N) is 2. The summed E-state index contributed by atoms with van der Waals surface area (Å²) < 4.78 is 0. The van der Waals surface area contributed by atoms with Gasteiger partial charge in [-0.15, -0.1) is 0 Å². The molecule has 1 aromatic carbocycles.